The van der Waals surface area contributed by atoms with Crippen molar-refractivity contribution in [1.29, 1.82) is 0 Å². The number of ether oxygens (including phenoxy) is 3. The van der Waals surface area contributed by atoms with E-state index < -0.39 is 108 Å². The number of rotatable bonds is 18. The van der Waals surface area contributed by atoms with Crippen molar-refractivity contribution in [3.63, 3.8) is 0 Å². The van der Waals surface area contributed by atoms with Crippen LogP contribution in [-0.4, -0.2) is 146 Å². The van der Waals surface area contributed by atoms with E-state index >= 15 is 9.59 Å². The van der Waals surface area contributed by atoms with Crippen molar-refractivity contribution in [1.82, 2.24) is 20.9 Å². The molecule has 2 amide bonds. The molecule has 0 spiro atoms. The van der Waals surface area contributed by atoms with Crippen molar-refractivity contribution in [3.05, 3.63) is 111 Å². The number of aliphatic hydroxyl groups is 6. The summed E-state index contributed by atoms with van der Waals surface area (Å²) in [5, 5.41) is 89.5. The van der Waals surface area contributed by atoms with Crippen molar-refractivity contribution in [2.75, 3.05) is 40.5 Å². The maximum Gasteiger partial charge on any atom is 0.253 e. The molecule has 2 aromatic rings. The maximum atomic E-state index is 15.1. The number of hydrogen-bond acceptors (Lipinski definition) is 19. The summed E-state index contributed by atoms with van der Waals surface area (Å²) in [4.78, 5) is 60.3. The van der Waals surface area contributed by atoms with Crippen molar-refractivity contribution in [2.24, 2.45) is 34.0 Å². The fourth-order valence-electron chi connectivity index (χ4n) is 9.66. The fourth-order valence-corrected chi connectivity index (χ4v) is 9.66. The van der Waals surface area contributed by atoms with Crippen molar-refractivity contribution in [2.45, 2.75) is 81.6 Å². The summed E-state index contributed by atoms with van der Waals surface area (Å²) in [6.07, 6.45) is 3.86. The minimum Gasteiger partial charge on any atom is -0.507 e. The van der Waals surface area contributed by atoms with Crippen LogP contribution in [0.1, 0.15) is 74.7 Å². The zero-order valence-electron chi connectivity index (χ0n) is 38.8. The second kappa shape index (κ2) is 20.8. The van der Waals surface area contributed by atoms with Crippen LogP contribution in [0, 0.1) is 11.8 Å². The van der Waals surface area contributed by atoms with Crippen molar-refractivity contribution in [3.8, 4) is 17.2 Å². The number of ketones is 2. The van der Waals surface area contributed by atoms with Crippen LogP contribution in [0.5, 0.6) is 17.2 Å². The Kier molecular flexibility index (Phi) is 15.2. The molecule has 7 rings (SSSR count). The average Bonchev–Trinajstić information content (AvgIpc) is 3.66. The van der Waals surface area contributed by atoms with Crippen LogP contribution >= 0.6 is 0 Å². The molecule has 0 bridgehead atoms. The number of methoxy groups -OCH3 is 1. The molecule has 1 unspecified atom stereocenters. The van der Waals surface area contributed by atoms with E-state index in [-0.39, 0.29) is 78.2 Å². The quantitative estimate of drug-likeness (QED) is 0.0378. The number of allylic oxidation sites excluding steroid dienone is 3. The Bertz CT molecular complexity index is 2610. The van der Waals surface area contributed by atoms with E-state index in [2.05, 4.69) is 20.9 Å². The first-order valence-electron chi connectivity index (χ1n) is 22.7. The zero-order valence-corrected chi connectivity index (χ0v) is 38.8. The van der Waals surface area contributed by atoms with Crippen LogP contribution in [0.25, 0.3) is 0 Å². The predicted octanol–water partition coefficient (Wildman–Crippen LogP) is -1.84. The van der Waals surface area contributed by atoms with Crippen LogP contribution in [-0.2, 0) is 33.7 Å². The Morgan fingerprint density at radius 2 is 1.74 bits per heavy atom. The van der Waals surface area contributed by atoms with E-state index in [0.717, 1.165) is 22.6 Å². The number of carbonyl (C=O) groups excluding carboxylic acids is 4. The zero-order chi connectivity index (χ0) is 50.8. The number of phenols is 1. The van der Waals surface area contributed by atoms with Gasteiger partial charge < -0.3 is 83.1 Å². The molecule has 1 fully saturated rings. The van der Waals surface area contributed by atoms with Gasteiger partial charge in [0.1, 0.15) is 41.7 Å². The summed E-state index contributed by atoms with van der Waals surface area (Å²) in [7, 11) is 2.76. The van der Waals surface area contributed by atoms with Crippen LogP contribution < -0.4 is 42.6 Å². The number of nitrogens with two attached hydrogens (primary N) is 3. The maximum absolute atomic E-state index is 15.1. The molecule has 2 aromatic carbocycles. The molecule has 8 atom stereocenters. The predicted molar refractivity (Wildman–Crippen MR) is 250 cm³/mol. The molecule has 22 heteroatoms. The Labute approximate surface area is 402 Å². The molecule has 22 nitrogen and oxygen atoms in total. The van der Waals surface area contributed by atoms with Gasteiger partial charge in [0.05, 0.1) is 30.2 Å². The van der Waals surface area contributed by atoms with Crippen LogP contribution in [0.2, 0.25) is 0 Å². The third-order valence-corrected chi connectivity index (χ3v) is 13.5. The summed E-state index contributed by atoms with van der Waals surface area (Å²) >= 11 is 0. The van der Waals surface area contributed by atoms with Gasteiger partial charge in [0.25, 0.3) is 11.8 Å². The van der Waals surface area contributed by atoms with E-state index in [0.29, 0.717) is 24.0 Å². The molecule has 16 N–H and O–H groups in total. The molecule has 0 aromatic heterocycles. The number of fused-ring (bicyclic) bond motifs is 2. The van der Waals surface area contributed by atoms with Gasteiger partial charge in [-0.3, -0.25) is 29.1 Å². The second-order valence-electron chi connectivity index (χ2n) is 17.6. The van der Waals surface area contributed by atoms with Crippen LogP contribution in [0.3, 0.4) is 0 Å². The Morgan fingerprint density at radius 1 is 1.01 bits per heavy atom. The average molecular weight is 973 g/mol. The summed E-state index contributed by atoms with van der Waals surface area (Å²) in [6, 6.07) is 2.76. The number of nitrogens with one attached hydrogen (secondary N) is 3. The first-order valence-corrected chi connectivity index (χ1v) is 22.7. The topological polar surface area (TPSA) is 367 Å². The number of nitrogens with zero attached hydrogens (tertiary/aromatic N) is 2. The van der Waals surface area contributed by atoms with E-state index in [1.165, 1.54) is 32.4 Å². The van der Waals surface area contributed by atoms with Crippen molar-refractivity contribution >= 4 is 29.3 Å². The number of amides is 2. The summed E-state index contributed by atoms with van der Waals surface area (Å²) in [5.74, 6) is -8.24. The first-order chi connectivity index (χ1) is 33.3. The minimum absolute atomic E-state index is 0.0108. The van der Waals surface area contributed by atoms with Gasteiger partial charge >= 0.3 is 0 Å². The highest BCUT2D eigenvalue weighted by Gasteiger charge is 2.65. The Balaban J connectivity index is 1.29. The van der Waals surface area contributed by atoms with Gasteiger partial charge in [0, 0.05) is 85.9 Å². The molecule has 0 radical (unpaired) electrons. The molecule has 376 valence electrons. The standard InChI is InChI=1S/C48H60N8O14/c1-4-28-31(68-3)17-32(69-45-43(64)44(65)47(66,48(67,22-58)70-45)18-27(24-11-12-53-34(50)16-24)21-56-35(59)9-10-36(56)60)39-37(28)40(61)29-15-26(14-23(6-5-13-57)25-7-8-33(49)54-19-25)30(20-55-46(51)52-2)41(62)38(29)42(39)63/h7-11,15-17,19,23,27,33,43-45,53-54,57-58,62,64-67H,4-6,12-14,18,20-22,49-50H2,1-3H3,(H3,51,52,55)/t23-,27+,33?,43+,44+,45+,47-,48+/m0/s1. The summed E-state index contributed by atoms with van der Waals surface area (Å²) < 4.78 is 17.6. The number of imide groups is 1. The lowest BCUT2D eigenvalue weighted by Crippen LogP contribution is -2.75. The smallest absolute Gasteiger partial charge is 0.253 e. The van der Waals surface area contributed by atoms with Gasteiger partial charge in [0.2, 0.25) is 17.9 Å². The molecule has 4 heterocycles. The number of aromatic hydroxyl groups is 1. The highest BCUT2D eigenvalue weighted by Crippen LogP contribution is 2.48. The largest absolute Gasteiger partial charge is 0.507 e. The van der Waals surface area contributed by atoms with Gasteiger partial charge in [-0.15, -0.1) is 0 Å². The lowest BCUT2D eigenvalue weighted by atomic mass is 9.73. The third-order valence-electron chi connectivity index (χ3n) is 13.5. The number of hydrogen-bond donors (Lipinski definition) is 13. The van der Waals surface area contributed by atoms with E-state index in [9.17, 15) is 45.3 Å². The lowest BCUT2D eigenvalue weighted by Gasteiger charge is -2.53. The van der Waals surface area contributed by atoms with Gasteiger partial charge in [-0.1, -0.05) is 19.1 Å². The number of benzene rings is 2. The number of phenolic OH excluding ortho intramolecular Hbond substituents is 1. The molecule has 5 aliphatic rings. The molecule has 1 aliphatic carbocycles. The van der Waals surface area contributed by atoms with E-state index in [1.807, 2.05) is 6.08 Å². The third kappa shape index (κ3) is 9.51. The highest BCUT2D eigenvalue weighted by atomic mass is 16.8. The molecule has 70 heavy (non-hydrogen) atoms. The number of guanidine groups is 1. The van der Waals surface area contributed by atoms with Crippen LogP contribution in [0.4, 0.5) is 0 Å². The normalized spacial score (nSPS) is 26.1. The number of carbonyl (C=O) groups is 4. The Hall–Kier alpha value is -6.63. The van der Waals surface area contributed by atoms with E-state index in [4.69, 9.17) is 31.4 Å². The SMILES string of the molecule is CCc1c(OC)cc(O[C@@H]2O[C@](O)(CO)[C@](O)(C[C@H](CN3C(=O)C=CC3=O)C3=CCNC(N)=C3)[C@H](O)[C@H]2O)c2c1C(=O)c1cc(C[C@H](CCCO)C3=CNC(N)C=C3)c(CNC(N)=NC)c(O)c1C2=O. The summed E-state index contributed by atoms with van der Waals surface area (Å²) in [5.41, 5.74) is 16.1. The van der Waals surface area contributed by atoms with Gasteiger partial charge in [0.15, 0.2) is 11.7 Å². The Morgan fingerprint density at radius 3 is 2.36 bits per heavy atom. The molecule has 4 aliphatic heterocycles. The van der Waals surface area contributed by atoms with E-state index in [1.54, 1.807) is 25.3 Å². The van der Waals surface area contributed by atoms with Gasteiger partial charge in [-0.2, -0.15) is 0 Å². The van der Waals surface area contributed by atoms with Crippen molar-refractivity contribution < 1.29 is 69.1 Å². The van der Waals surface area contributed by atoms with Gasteiger partial charge in [-0.25, -0.2) is 0 Å². The summed E-state index contributed by atoms with van der Waals surface area (Å²) in [6.45, 7) is -0.137. The molecular formula is C48H60N8O14. The minimum atomic E-state index is -3.16. The number of aliphatic imine (C=N–C) groups is 1. The highest BCUT2D eigenvalue weighted by molar-refractivity contribution is 6.31. The first kappa shape index (κ1) is 51.2. The number of aliphatic hydroxyl groups excluding tert-OH is 4. The monoisotopic (exact) mass is 972 g/mol. The fraction of sp³-hybridized carbons (Fsp3) is 0.438. The number of dihydropyridines is 2. The molecular weight excluding hydrogens is 913 g/mol. The molecule has 1 saturated heterocycles. The lowest BCUT2D eigenvalue weighted by molar-refractivity contribution is -0.420. The van der Waals surface area contributed by atoms with Gasteiger partial charge in [-0.05, 0) is 73.0 Å². The van der Waals surface area contributed by atoms with Crippen LogP contribution in [0.15, 0.2) is 76.7 Å². The molecule has 0 saturated carbocycles. The second-order valence-corrected chi connectivity index (χ2v) is 17.6.